The second-order valence-corrected chi connectivity index (χ2v) is 9.90. The van der Waals surface area contributed by atoms with Crippen molar-refractivity contribution in [3.8, 4) is 0 Å². The average molecular weight is 499 g/mol. The number of aromatic nitrogens is 2. The third kappa shape index (κ3) is 6.02. The maximum absolute atomic E-state index is 12.5. The molecule has 1 saturated heterocycles. The molecule has 1 aromatic heterocycles. The van der Waals surface area contributed by atoms with E-state index in [-0.39, 0.29) is 25.4 Å². The number of anilines is 1. The van der Waals surface area contributed by atoms with Crippen molar-refractivity contribution >= 4 is 29.9 Å². The molecule has 192 valence electrons. The van der Waals surface area contributed by atoms with Gasteiger partial charge in [-0.05, 0) is 45.6 Å². The predicted octanol–water partition coefficient (Wildman–Crippen LogP) is 4.24. The number of hydrogen-bond donors (Lipinski definition) is 1. The SMILES string of the molecule is CC(C)(C)n1nc([C@H]2CC[C@@H](OC(=O)ON3C(=O)CCC3=O)C2)cc1NC(=O)OCc1ccccc1. The van der Waals surface area contributed by atoms with Gasteiger partial charge in [-0.3, -0.25) is 19.7 Å². The third-order valence-corrected chi connectivity index (χ3v) is 6.04. The summed E-state index contributed by atoms with van der Waals surface area (Å²) in [7, 11) is 0. The van der Waals surface area contributed by atoms with Crippen molar-refractivity contribution in [2.75, 3.05) is 5.32 Å². The molecule has 2 heterocycles. The van der Waals surface area contributed by atoms with E-state index in [2.05, 4.69) is 5.32 Å². The monoisotopic (exact) mass is 498 g/mol. The highest BCUT2D eigenvalue weighted by atomic mass is 16.8. The lowest BCUT2D eigenvalue weighted by molar-refractivity contribution is -0.178. The first-order valence-electron chi connectivity index (χ1n) is 11.9. The Kier molecular flexibility index (Phi) is 7.27. The number of hydrogen-bond acceptors (Lipinski definition) is 8. The number of nitrogens with zero attached hydrogens (tertiary/aromatic N) is 3. The van der Waals surface area contributed by atoms with Gasteiger partial charge in [0.05, 0.1) is 11.2 Å². The van der Waals surface area contributed by atoms with Crippen LogP contribution in [0.15, 0.2) is 36.4 Å². The van der Waals surface area contributed by atoms with E-state index in [0.717, 1.165) is 11.3 Å². The molecule has 2 aromatic rings. The van der Waals surface area contributed by atoms with Crippen LogP contribution in [0.5, 0.6) is 0 Å². The minimum absolute atomic E-state index is 0.0117. The Morgan fingerprint density at radius 1 is 1.08 bits per heavy atom. The molecule has 1 aromatic carbocycles. The fourth-order valence-electron chi connectivity index (χ4n) is 4.27. The van der Waals surface area contributed by atoms with E-state index in [1.807, 2.05) is 57.2 Å². The Morgan fingerprint density at radius 3 is 2.44 bits per heavy atom. The van der Waals surface area contributed by atoms with E-state index in [4.69, 9.17) is 19.4 Å². The number of carbonyl (C=O) groups excluding carboxylic acids is 4. The molecule has 2 atom stereocenters. The second-order valence-electron chi connectivity index (χ2n) is 9.90. The lowest BCUT2D eigenvalue weighted by atomic mass is 10.0. The smallest absolute Gasteiger partial charge is 0.444 e. The quantitative estimate of drug-likeness (QED) is 0.462. The molecule has 0 unspecified atom stereocenters. The van der Waals surface area contributed by atoms with Gasteiger partial charge in [0.15, 0.2) is 0 Å². The van der Waals surface area contributed by atoms with E-state index in [1.165, 1.54) is 0 Å². The van der Waals surface area contributed by atoms with E-state index < -0.39 is 35.7 Å². The van der Waals surface area contributed by atoms with Crippen molar-refractivity contribution in [3.05, 3.63) is 47.7 Å². The van der Waals surface area contributed by atoms with E-state index >= 15 is 0 Å². The van der Waals surface area contributed by atoms with Crippen LogP contribution in [0.3, 0.4) is 0 Å². The van der Waals surface area contributed by atoms with Crippen LogP contribution in [0, 0.1) is 0 Å². The summed E-state index contributed by atoms with van der Waals surface area (Å²) in [5.74, 6) is -0.625. The van der Waals surface area contributed by atoms with Gasteiger partial charge in [0.2, 0.25) is 0 Å². The number of ether oxygens (including phenoxy) is 2. The molecule has 0 spiro atoms. The summed E-state index contributed by atoms with van der Waals surface area (Å²) < 4.78 is 12.4. The summed E-state index contributed by atoms with van der Waals surface area (Å²) in [5.41, 5.74) is 1.23. The molecular weight excluding hydrogens is 468 g/mol. The van der Waals surface area contributed by atoms with Crippen LogP contribution in [-0.2, 0) is 36.0 Å². The number of imide groups is 1. The number of carbonyl (C=O) groups is 4. The Balaban J connectivity index is 1.36. The van der Waals surface area contributed by atoms with Crippen molar-refractivity contribution < 1.29 is 33.5 Å². The van der Waals surface area contributed by atoms with Gasteiger partial charge in [-0.1, -0.05) is 35.4 Å². The first kappa shape index (κ1) is 25.2. The lowest BCUT2D eigenvalue weighted by Crippen LogP contribution is -2.33. The minimum atomic E-state index is -1.08. The van der Waals surface area contributed by atoms with Crippen LogP contribution in [-0.4, -0.2) is 45.0 Å². The number of rotatable bonds is 6. The van der Waals surface area contributed by atoms with Crippen molar-refractivity contribution in [1.82, 2.24) is 14.8 Å². The van der Waals surface area contributed by atoms with Gasteiger partial charge in [0.25, 0.3) is 11.8 Å². The second kappa shape index (κ2) is 10.4. The first-order chi connectivity index (χ1) is 17.1. The topological polar surface area (TPSA) is 129 Å². The Bertz CT molecular complexity index is 1120. The van der Waals surface area contributed by atoms with Crippen LogP contribution in [0.1, 0.15) is 70.1 Å². The van der Waals surface area contributed by atoms with Crippen LogP contribution >= 0.6 is 0 Å². The third-order valence-electron chi connectivity index (χ3n) is 6.04. The molecule has 1 aliphatic heterocycles. The van der Waals surface area contributed by atoms with Crippen LogP contribution in [0.25, 0.3) is 0 Å². The molecule has 0 bridgehead atoms. The Hall–Kier alpha value is -3.89. The fraction of sp³-hybridized carbons (Fsp3) is 0.480. The Morgan fingerprint density at radius 2 is 1.78 bits per heavy atom. The zero-order chi connectivity index (χ0) is 25.9. The molecule has 1 saturated carbocycles. The molecule has 2 fully saturated rings. The van der Waals surface area contributed by atoms with E-state index in [1.54, 1.807) is 4.68 Å². The largest absolute Gasteiger partial charge is 0.534 e. The van der Waals surface area contributed by atoms with Gasteiger partial charge in [-0.25, -0.2) is 14.3 Å². The maximum Gasteiger partial charge on any atom is 0.534 e. The average Bonchev–Trinajstić information content (AvgIpc) is 3.54. The van der Waals surface area contributed by atoms with Gasteiger partial charge in [0.1, 0.15) is 18.5 Å². The predicted molar refractivity (Wildman–Crippen MR) is 127 cm³/mol. The number of hydroxylamine groups is 2. The highest BCUT2D eigenvalue weighted by Crippen LogP contribution is 2.37. The van der Waals surface area contributed by atoms with Crippen molar-refractivity contribution in [1.29, 1.82) is 0 Å². The summed E-state index contributed by atoms with van der Waals surface area (Å²) in [6.45, 7) is 6.07. The van der Waals surface area contributed by atoms with Gasteiger partial charge >= 0.3 is 12.2 Å². The van der Waals surface area contributed by atoms with Crippen molar-refractivity contribution in [3.63, 3.8) is 0 Å². The number of benzene rings is 1. The van der Waals surface area contributed by atoms with Crippen molar-refractivity contribution in [2.45, 2.75) is 77.0 Å². The lowest BCUT2D eigenvalue weighted by Gasteiger charge is -2.22. The summed E-state index contributed by atoms with van der Waals surface area (Å²) >= 11 is 0. The zero-order valence-electron chi connectivity index (χ0n) is 20.6. The van der Waals surface area contributed by atoms with Gasteiger partial charge in [-0.2, -0.15) is 5.10 Å². The molecular formula is C25H30N4O7. The molecule has 1 aliphatic carbocycles. The molecule has 3 amide bonds. The zero-order valence-corrected chi connectivity index (χ0v) is 20.6. The van der Waals surface area contributed by atoms with Gasteiger partial charge < -0.3 is 9.47 Å². The fourth-order valence-corrected chi connectivity index (χ4v) is 4.27. The normalized spacial score (nSPS) is 19.9. The maximum atomic E-state index is 12.5. The molecule has 4 rings (SSSR count). The summed E-state index contributed by atoms with van der Waals surface area (Å²) in [6, 6.07) is 11.2. The van der Waals surface area contributed by atoms with Crippen LogP contribution in [0.4, 0.5) is 15.4 Å². The first-order valence-corrected chi connectivity index (χ1v) is 11.9. The Labute approximate surface area is 208 Å². The summed E-state index contributed by atoms with van der Waals surface area (Å²) in [5, 5.41) is 7.98. The highest BCUT2D eigenvalue weighted by Gasteiger charge is 2.36. The van der Waals surface area contributed by atoms with Crippen LogP contribution < -0.4 is 5.32 Å². The summed E-state index contributed by atoms with van der Waals surface area (Å²) in [6.07, 6.45) is -0.290. The van der Waals surface area contributed by atoms with Crippen molar-refractivity contribution in [2.24, 2.45) is 0 Å². The molecule has 2 aliphatic rings. The molecule has 11 heteroatoms. The van der Waals surface area contributed by atoms with Gasteiger partial charge in [-0.15, -0.1) is 0 Å². The number of amides is 3. The highest BCUT2D eigenvalue weighted by molar-refractivity contribution is 6.01. The minimum Gasteiger partial charge on any atom is -0.444 e. The van der Waals surface area contributed by atoms with Gasteiger partial charge in [0, 0.05) is 24.8 Å². The van der Waals surface area contributed by atoms with E-state index in [9.17, 15) is 19.2 Å². The standard InChI is InChI=1S/C25H30N4O7/c1-25(2,3)29-20(26-23(32)34-15-16-7-5-4-6-8-16)14-19(27-29)17-9-10-18(13-17)35-24(33)36-28-21(30)11-12-22(28)31/h4-8,14,17-18H,9-13,15H2,1-3H3,(H,26,32)/t17-,18+/m0/s1. The number of nitrogens with one attached hydrogen (secondary N) is 1. The van der Waals surface area contributed by atoms with E-state index in [0.29, 0.717) is 30.1 Å². The van der Waals surface area contributed by atoms with Crippen LogP contribution in [0.2, 0.25) is 0 Å². The molecule has 1 N–H and O–H groups in total. The molecule has 36 heavy (non-hydrogen) atoms. The molecule has 0 radical (unpaired) electrons. The molecule has 11 nitrogen and oxygen atoms in total. The summed E-state index contributed by atoms with van der Waals surface area (Å²) in [4.78, 5) is 52.6.